The van der Waals surface area contributed by atoms with Crippen molar-refractivity contribution in [1.29, 1.82) is 0 Å². The number of nitrogens with two attached hydrogens (primary N) is 1. The van der Waals surface area contributed by atoms with Crippen molar-refractivity contribution < 1.29 is 9.64 Å². The molecule has 0 bridgehead atoms. The van der Waals surface area contributed by atoms with Crippen LogP contribution in [0.15, 0.2) is 0 Å². The molecule has 0 heterocycles. The molecule has 0 aliphatic carbocycles. The van der Waals surface area contributed by atoms with E-state index in [1.807, 2.05) is 0 Å². The standard InChI is InChI=1S/C4H11N/c1-4(2,3)5/h5H2,1-3H3/i1D3,2D3/hD. The zero-order valence-corrected chi connectivity index (χ0v) is 3.00. The van der Waals surface area contributed by atoms with Gasteiger partial charge in [-0.3, -0.25) is 0 Å². The highest BCUT2D eigenvalue weighted by Crippen LogP contribution is 1.88. The third kappa shape index (κ3) is 9510. The van der Waals surface area contributed by atoms with Crippen LogP contribution in [0.1, 0.15) is 28.9 Å². The molecule has 0 aromatic carbocycles. The lowest BCUT2D eigenvalue weighted by atomic mass is 10.1. The first-order valence-electron chi connectivity index (χ1n) is 4.75. The van der Waals surface area contributed by atoms with Crippen molar-refractivity contribution in [3.8, 4) is 0 Å². The predicted octanol–water partition coefficient (Wildman–Crippen LogP) is 0.744. The van der Waals surface area contributed by atoms with E-state index in [0.717, 1.165) is 6.92 Å². The molecule has 5 heavy (non-hydrogen) atoms. The summed E-state index contributed by atoms with van der Waals surface area (Å²) in [5.74, 6) is 0. The van der Waals surface area contributed by atoms with Crippen molar-refractivity contribution in [2.45, 2.75) is 26.2 Å². The van der Waals surface area contributed by atoms with E-state index in [-0.39, 0.29) is 0 Å². The molecule has 0 saturated heterocycles. The van der Waals surface area contributed by atoms with Crippen molar-refractivity contribution in [1.82, 2.24) is 0 Å². The van der Waals surface area contributed by atoms with Crippen molar-refractivity contribution >= 4 is 0 Å². The van der Waals surface area contributed by atoms with Gasteiger partial charge in [0.1, 0.15) is 1.41 Å². The van der Waals surface area contributed by atoms with Crippen LogP contribution in [0.5, 0.6) is 0 Å². The second-order valence-electron chi connectivity index (χ2n) is 1.12. The molecule has 2 N–H and O–H groups in total. The lowest BCUT2D eigenvalue weighted by Crippen LogP contribution is -2.26. The molecule has 0 unspecified atom stereocenters. The van der Waals surface area contributed by atoms with Crippen LogP contribution in [0.4, 0.5) is 0 Å². The van der Waals surface area contributed by atoms with Gasteiger partial charge < -0.3 is 5.73 Å². The summed E-state index contributed by atoms with van der Waals surface area (Å²) in [6, 6.07) is 0. The van der Waals surface area contributed by atoms with Crippen molar-refractivity contribution in [2.24, 2.45) is 5.73 Å². The molecule has 32 valence electrons. The van der Waals surface area contributed by atoms with Crippen LogP contribution in [-0.4, -0.2) is 5.54 Å². The Morgan fingerprint density at radius 3 is 2.60 bits per heavy atom. The fourth-order valence-electron chi connectivity index (χ4n) is 0. The molecular weight excluding hydrogens is 62.1 g/mol. The zero-order valence-electron chi connectivity index (χ0n) is 10.0. The van der Waals surface area contributed by atoms with E-state index >= 15 is 0 Å². The number of hydrogen-bond donors (Lipinski definition) is 1. The van der Waals surface area contributed by atoms with E-state index in [1.165, 1.54) is 0 Å². The Morgan fingerprint density at radius 2 is 2.60 bits per heavy atom. The largest absolute Gasteiger partial charge is 0.326 e. The van der Waals surface area contributed by atoms with Crippen molar-refractivity contribution in [3.63, 3.8) is 0 Å². The number of hydrogen-bond acceptors (Lipinski definition) is 1. The average molecular weight is 80.2 g/mol. The van der Waals surface area contributed by atoms with E-state index in [4.69, 9.17) is 9.64 Å². The molecule has 0 rings (SSSR count). The van der Waals surface area contributed by atoms with Crippen LogP contribution in [0.3, 0.4) is 0 Å². The molecule has 0 spiro atoms. The molecule has 1 heteroatoms. The van der Waals surface area contributed by atoms with Crippen LogP contribution in [0.25, 0.3) is 0 Å². The highest BCUT2D eigenvalue weighted by atomic mass is 14.7. The van der Waals surface area contributed by atoms with Gasteiger partial charge in [0, 0.05) is 13.8 Å². The molecule has 0 atom stereocenters. The smallest absolute Gasteiger partial charge is 0.119 e. The minimum absolute atomic E-state index is 0.986. The molecule has 0 fully saturated rings. The van der Waals surface area contributed by atoms with Gasteiger partial charge in [0.15, 0.2) is 0 Å². The maximum Gasteiger partial charge on any atom is 0.119 e. The van der Waals surface area contributed by atoms with Gasteiger partial charge in [-0.1, -0.05) is 0 Å². The van der Waals surface area contributed by atoms with Crippen LogP contribution >= 0.6 is 0 Å². The summed E-state index contributed by atoms with van der Waals surface area (Å²) in [6.07, 6.45) is 0. The summed E-state index contributed by atoms with van der Waals surface area (Å²) in [5.41, 5.74) is -0.583. The SMILES string of the molecule is [2H]NC(C)(C([2H])([2H])[2H])C([2H])([2H])[2H]. The predicted molar refractivity (Wildman–Crippen MR) is 23.9 cm³/mol. The molecule has 0 radical (unpaired) electrons. The maximum absolute atomic E-state index is 6.93. The first-order valence-corrected chi connectivity index (χ1v) is 1.25. The van der Waals surface area contributed by atoms with Crippen molar-refractivity contribution in [2.75, 3.05) is 0 Å². The van der Waals surface area contributed by atoms with E-state index in [1.54, 1.807) is 5.73 Å². The van der Waals surface area contributed by atoms with Gasteiger partial charge in [0.2, 0.25) is 0 Å². The molecule has 0 amide bonds. The molecule has 0 aliphatic heterocycles. The van der Waals surface area contributed by atoms with Gasteiger partial charge in [-0.2, -0.15) is 0 Å². The summed E-state index contributed by atoms with van der Waals surface area (Å²) < 4.78 is 48.3. The summed E-state index contributed by atoms with van der Waals surface area (Å²) >= 11 is 0. The number of rotatable bonds is 0. The minimum atomic E-state index is -2.72. The summed E-state index contributed by atoms with van der Waals surface area (Å²) in [5, 5.41) is 0. The summed E-state index contributed by atoms with van der Waals surface area (Å²) in [6.45, 7) is -4.46. The van der Waals surface area contributed by atoms with Gasteiger partial charge in [0.05, 0.1) is 0 Å². The van der Waals surface area contributed by atoms with Gasteiger partial charge in [-0.15, -0.1) is 0 Å². The third-order valence-corrected chi connectivity index (χ3v) is 0. The van der Waals surface area contributed by atoms with Gasteiger partial charge in [-0.25, -0.2) is 0 Å². The minimum Gasteiger partial charge on any atom is -0.326 e. The topological polar surface area (TPSA) is 26.0 Å². The first-order chi connectivity index (χ1) is 5.06. The second-order valence-corrected chi connectivity index (χ2v) is 1.12. The molecule has 0 saturated carbocycles. The van der Waals surface area contributed by atoms with E-state index in [9.17, 15) is 0 Å². The average Bonchev–Trinajstić information content (AvgIpc) is 1.81. The fourth-order valence-corrected chi connectivity index (χ4v) is 0. The normalized spacial score (nSPS) is 37.4. The van der Waals surface area contributed by atoms with E-state index in [0.29, 0.717) is 0 Å². The van der Waals surface area contributed by atoms with E-state index < -0.39 is 19.2 Å². The fraction of sp³-hybridized carbons (Fsp3) is 1.00. The summed E-state index contributed by atoms with van der Waals surface area (Å²) in [4.78, 5) is 0. The molecular formula is C4H11N. The summed E-state index contributed by atoms with van der Waals surface area (Å²) in [7, 11) is 0. The lowest BCUT2D eigenvalue weighted by Gasteiger charge is -2.06. The Kier molecular flexibility index (Phi) is 0.126. The Labute approximate surface area is 43.1 Å². The van der Waals surface area contributed by atoms with E-state index in [2.05, 4.69) is 0 Å². The second kappa shape index (κ2) is 0.977. The molecule has 0 aromatic rings. The molecule has 1 nitrogen and oxygen atoms in total. The molecule has 0 aromatic heterocycles. The Hall–Kier alpha value is -0.0400. The maximum atomic E-state index is 6.93. The van der Waals surface area contributed by atoms with Gasteiger partial charge in [0.25, 0.3) is 0 Å². The van der Waals surface area contributed by atoms with Crippen molar-refractivity contribution in [3.05, 3.63) is 0 Å². The van der Waals surface area contributed by atoms with Crippen LogP contribution in [-0.2, 0) is 0 Å². The van der Waals surface area contributed by atoms with Gasteiger partial charge >= 0.3 is 0 Å². The highest BCUT2D eigenvalue weighted by molar-refractivity contribution is 4.60. The Balaban J connectivity index is 4.95. The van der Waals surface area contributed by atoms with Crippen LogP contribution in [0.2, 0.25) is 1.41 Å². The van der Waals surface area contributed by atoms with Crippen LogP contribution in [0, 0.1) is 0 Å². The molecule has 0 aliphatic rings. The van der Waals surface area contributed by atoms with Gasteiger partial charge in [-0.05, 0) is 20.6 Å². The Bertz CT molecular complexity index is 142. The van der Waals surface area contributed by atoms with Crippen LogP contribution < -0.4 is 5.73 Å². The first kappa shape index (κ1) is 0.648. The highest BCUT2D eigenvalue weighted by Gasteiger charge is 1.95. The third-order valence-electron chi connectivity index (χ3n) is 0. The lowest BCUT2D eigenvalue weighted by molar-refractivity contribution is 0.580. The Morgan fingerprint density at radius 1 is 2.00 bits per heavy atom. The quantitative estimate of drug-likeness (QED) is 0.456. The zero-order chi connectivity index (χ0) is 10.2. The monoisotopic (exact) mass is 80.1 g/mol.